The van der Waals surface area contributed by atoms with E-state index in [-0.39, 0.29) is 0 Å². The fraction of sp³-hybridized carbons (Fsp3) is 1.00. The van der Waals surface area contributed by atoms with Gasteiger partial charge < -0.3 is 0 Å². The third-order valence-corrected chi connectivity index (χ3v) is 20.4. The van der Waals surface area contributed by atoms with Gasteiger partial charge >= 0.3 is 196 Å². The van der Waals surface area contributed by atoms with E-state index < -0.39 is 14.5 Å². The van der Waals surface area contributed by atoms with Crippen LogP contribution in [0, 0.1) is 0 Å². The molecule has 0 aliphatic heterocycles. The van der Waals surface area contributed by atoms with E-state index in [0.29, 0.717) is 0 Å². The summed E-state index contributed by atoms with van der Waals surface area (Å²) >= 11 is 0. The molecule has 0 aromatic rings. The Labute approximate surface area is 196 Å². The van der Waals surface area contributed by atoms with Gasteiger partial charge in [0.1, 0.15) is 0 Å². The van der Waals surface area contributed by atoms with Crippen molar-refractivity contribution in [2.75, 3.05) is 49.3 Å². The molecule has 0 atom stereocenters. The molecule has 0 spiro atoms. The standard InChI is InChI=1S/2C14H33P/c2*1-5-9-10-11-12-13-14-15(6-2,7-3)8-4/h2*15H,5-14H2,1-4H3. The summed E-state index contributed by atoms with van der Waals surface area (Å²) in [5, 5.41) is 0. The summed E-state index contributed by atoms with van der Waals surface area (Å²) in [6, 6.07) is 0. The third-order valence-electron chi connectivity index (χ3n) is 8.62. The Morgan fingerprint density at radius 1 is 0.300 bits per heavy atom. The second-order valence-corrected chi connectivity index (χ2v) is 21.4. The molecule has 0 aliphatic rings. The molecule has 0 aromatic heterocycles. The van der Waals surface area contributed by atoms with Gasteiger partial charge in [0.25, 0.3) is 0 Å². The number of hydrogen-bond donors (Lipinski definition) is 0. The van der Waals surface area contributed by atoms with Crippen molar-refractivity contribution in [1.29, 1.82) is 0 Å². The minimum absolute atomic E-state index is 0.786. The predicted octanol–water partition coefficient (Wildman–Crippen LogP) is 10.3. The molecule has 0 nitrogen and oxygen atoms in total. The summed E-state index contributed by atoms with van der Waals surface area (Å²) in [5.74, 6) is 0. The van der Waals surface area contributed by atoms with Crippen molar-refractivity contribution < 1.29 is 0 Å². The van der Waals surface area contributed by atoms with Crippen LogP contribution < -0.4 is 0 Å². The maximum atomic E-state index is 2.43. The molecule has 0 unspecified atom stereocenters. The van der Waals surface area contributed by atoms with Crippen LogP contribution in [0.2, 0.25) is 0 Å². The monoisotopic (exact) mass is 464 g/mol. The molecule has 2 heteroatoms. The van der Waals surface area contributed by atoms with E-state index >= 15 is 0 Å². The first-order valence-electron chi connectivity index (χ1n) is 14.5. The Kier molecular flexibility index (Phi) is 25.4. The van der Waals surface area contributed by atoms with Crippen molar-refractivity contribution in [3.05, 3.63) is 0 Å². The molecular weight excluding hydrogens is 398 g/mol. The molecule has 0 radical (unpaired) electrons. The van der Waals surface area contributed by atoms with Crippen LogP contribution in [0.4, 0.5) is 0 Å². The van der Waals surface area contributed by atoms with Crippen molar-refractivity contribution >= 4 is 14.5 Å². The zero-order chi connectivity index (χ0) is 23.1. The van der Waals surface area contributed by atoms with Crippen LogP contribution in [0.25, 0.3) is 0 Å². The van der Waals surface area contributed by atoms with Gasteiger partial charge in [-0.2, -0.15) is 0 Å². The molecule has 0 saturated carbocycles. The fourth-order valence-electron chi connectivity index (χ4n) is 5.12. The number of unbranched alkanes of at least 4 members (excludes halogenated alkanes) is 10. The van der Waals surface area contributed by atoms with Gasteiger partial charge in [0.2, 0.25) is 0 Å². The normalized spacial score (nSPS) is 13.1. The van der Waals surface area contributed by atoms with Gasteiger partial charge in [-0.15, -0.1) is 0 Å². The average Bonchev–Trinajstić information content (AvgIpc) is 2.80. The first kappa shape index (κ1) is 33.0. The van der Waals surface area contributed by atoms with Gasteiger partial charge in [-0.05, 0) is 0 Å². The van der Waals surface area contributed by atoms with Gasteiger partial charge in [-0.1, -0.05) is 0 Å². The van der Waals surface area contributed by atoms with Gasteiger partial charge in [0.15, 0.2) is 0 Å². The van der Waals surface area contributed by atoms with E-state index in [4.69, 9.17) is 0 Å². The second kappa shape index (κ2) is 23.0. The molecule has 0 amide bonds. The summed E-state index contributed by atoms with van der Waals surface area (Å²) in [4.78, 5) is 0. The number of rotatable bonds is 20. The zero-order valence-electron chi connectivity index (χ0n) is 23.1. The predicted molar refractivity (Wildman–Crippen MR) is 156 cm³/mol. The molecule has 0 aliphatic carbocycles. The van der Waals surface area contributed by atoms with Crippen molar-refractivity contribution in [1.82, 2.24) is 0 Å². The van der Waals surface area contributed by atoms with Crippen LogP contribution in [0.5, 0.6) is 0 Å². The average molecular weight is 465 g/mol. The molecule has 188 valence electrons. The van der Waals surface area contributed by atoms with Crippen molar-refractivity contribution in [2.24, 2.45) is 0 Å². The molecule has 0 aromatic carbocycles. The quantitative estimate of drug-likeness (QED) is 0.124. The molecule has 0 saturated heterocycles. The van der Waals surface area contributed by atoms with Crippen LogP contribution in [0.1, 0.15) is 132 Å². The van der Waals surface area contributed by atoms with Crippen molar-refractivity contribution in [3.8, 4) is 0 Å². The minimum atomic E-state index is -0.786. The topological polar surface area (TPSA) is 0 Å². The van der Waals surface area contributed by atoms with E-state index in [1.807, 2.05) is 0 Å². The first-order chi connectivity index (χ1) is 14.5. The summed E-state index contributed by atoms with van der Waals surface area (Å²) in [6.45, 7) is 19.2. The van der Waals surface area contributed by atoms with Gasteiger partial charge in [-0.3, -0.25) is 0 Å². The Morgan fingerprint density at radius 3 is 0.767 bits per heavy atom. The summed E-state index contributed by atoms with van der Waals surface area (Å²) in [7, 11) is -1.57. The summed E-state index contributed by atoms with van der Waals surface area (Å²) < 4.78 is 0. The summed E-state index contributed by atoms with van der Waals surface area (Å²) in [5.41, 5.74) is 0. The van der Waals surface area contributed by atoms with E-state index in [1.165, 1.54) is 114 Å². The number of hydrogen-bond acceptors (Lipinski definition) is 0. The molecule has 0 heterocycles. The first-order valence-corrected chi connectivity index (χ1v) is 20.1. The molecule has 0 fully saturated rings. The van der Waals surface area contributed by atoms with Gasteiger partial charge in [0.05, 0.1) is 0 Å². The maximum absolute atomic E-state index is 2.43. The molecule has 30 heavy (non-hydrogen) atoms. The molecule has 0 bridgehead atoms. The van der Waals surface area contributed by atoms with E-state index in [0.717, 1.165) is 0 Å². The van der Waals surface area contributed by atoms with Gasteiger partial charge in [-0.25, -0.2) is 0 Å². The van der Waals surface area contributed by atoms with E-state index in [2.05, 4.69) is 55.4 Å². The van der Waals surface area contributed by atoms with Crippen LogP contribution in [0.15, 0.2) is 0 Å². The second-order valence-electron chi connectivity index (χ2n) is 10.2. The van der Waals surface area contributed by atoms with Crippen LogP contribution in [0.3, 0.4) is 0 Å². The van der Waals surface area contributed by atoms with E-state index in [1.54, 1.807) is 12.3 Å². The van der Waals surface area contributed by atoms with Crippen LogP contribution in [-0.2, 0) is 0 Å². The fourth-order valence-corrected chi connectivity index (χ4v) is 12.2. The van der Waals surface area contributed by atoms with Crippen LogP contribution >= 0.6 is 14.5 Å². The Balaban J connectivity index is 0. The Hall–Kier alpha value is 0.860. The van der Waals surface area contributed by atoms with Gasteiger partial charge in [0, 0.05) is 0 Å². The third kappa shape index (κ3) is 16.5. The van der Waals surface area contributed by atoms with Crippen LogP contribution in [-0.4, -0.2) is 49.3 Å². The molecule has 0 rings (SSSR count). The van der Waals surface area contributed by atoms with E-state index in [9.17, 15) is 0 Å². The SMILES string of the molecule is CCCCCCCC[PH](CC)(CC)CC.CCCCCCCC[PH](CC)(CC)CC. The Morgan fingerprint density at radius 2 is 0.533 bits per heavy atom. The molecular formula is C28H66P2. The van der Waals surface area contributed by atoms with Crippen molar-refractivity contribution in [2.45, 2.75) is 132 Å². The molecule has 0 N–H and O–H groups in total. The van der Waals surface area contributed by atoms with Crippen molar-refractivity contribution in [3.63, 3.8) is 0 Å². The summed E-state index contributed by atoms with van der Waals surface area (Å²) in [6.07, 6.45) is 29.8. The Bertz CT molecular complexity index is 270. The zero-order valence-corrected chi connectivity index (χ0v) is 25.1.